The first-order valence-corrected chi connectivity index (χ1v) is 9.91. The zero-order chi connectivity index (χ0) is 19.4. The predicted octanol–water partition coefficient (Wildman–Crippen LogP) is 2.79. The van der Waals surface area contributed by atoms with Gasteiger partial charge in [-0.05, 0) is 31.0 Å². The Morgan fingerprint density at radius 2 is 1.82 bits per heavy atom. The largest absolute Gasteiger partial charge is 0.497 e. The van der Waals surface area contributed by atoms with E-state index < -0.39 is 0 Å². The molecule has 1 aromatic heterocycles. The van der Waals surface area contributed by atoms with E-state index in [1.807, 2.05) is 25.1 Å². The molecule has 1 aromatic carbocycles. The van der Waals surface area contributed by atoms with E-state index in [1.54, 1.807) is 7.11 Å². The molecule has 2 saturated heterocycles. The molecule has 3 heterocycles. The highest BCUT2D eigenvalue weighted by atomic mass is 16.7. The quantitative estimate of drug-likeness (QED) is 0.821. The molecule has 0 radical (unpaired) electrons. The lowest BCUT2D eigenvalue weighted by Crippen LogP contribution is -2.45. The van der Waals surface area contributed by atoms with Crippen LogP contribution >= 0.6 is 0 Å². The summed E-state index contributed by atoms with van der Waals surface area (Å²) in [6, 6.07) is 10.2. The summed E-state index contributed by atoms with van der Waals surface area (Å²) < 4.78 is 16.8. The van der Waals surface area contributed by atoms with E-state index in [1.165, 1.54) is 5.56 Å². The summed E-state index contributed by atoms with van der Waals surface area (Å²) in [5.74, 6) is 2.15. The molecule has 7 nitrogen and oxygen atoms in total. The van der Waals surface area contributed by atoms with Crippen LogP contribution in [0.25, 0.3) is 0 Å². The lowest BCUT2D eigenvalue weighted by Gasteiger charge is -2.37. The summed E-state index contributed by atoms with van der Waals surface area (Å²) in [5, 5.41) is 3.43. The third kappa shape index (κ3) is 4.36. The lowest BCUT2D eigenvalue weighted by atomic mass is 10.0. The number of rotatable bonds is 6. The number of hydrogen-bond acceptors (Lipinski definition) is 7. The Bertz CT molecular complexity index is 781. The van der Waals surface area contributed by atoms with Crippen molar-refractivity contribution in [1.29, 1.82) is 0 Å². The van der Waals surface area contributed by atoms with E-state index in [0.717, 1.165) is 62.1 Å². The molecule has 1 spiro atoms. The molecule has 4 rings (SSSR count). The van der Waals surface area contributed by atoms with Crippen molar-refractivity contribution in [2.24, 2.45) is 0 Å². The molecule has 0 unspecified atom stereocenters. The van der Waals surface area contributed by atoms with Gasteiger partial charge in [-0.3, -0.25) is 0 Å². The maximum atomic E-state index is 5.81. The van der Waals surface area contributed by atoms with Gasteiger partial charge in [0.2, 0.25) is 5.95 Å². The molecule has 0 aliphatic carbocycles. The SMILES string of the molecule is COc1ccc(CCNc2cc(C)nc(N3CCC4(CC3)OCCO4)n2)cc1. The number of nitrogens with one attached hydrogen (secondary N) is 1. The third-order valence-corrected chi connectivity index (χ3v) is 5.34. The van der Waals surface area contributed by atoms with Gasteiger partial charge in [0.1, 0.15) is 11.6 Å². The Morgan fingerprint density at radius 1 is 1.11 bits per heavy atom. The van der Waals surface area contributed by atoms with E-state index in [-0.39, 0.29) is 5.79 Å². The minimum Gasteiger partial charge on any atom is -0.497 e. The molecule has 0 bridgehead atoms. The van der Waals surface area contributed by atoms with Gasteiger partial charge in [0.25, 0.3) is 0 Å². The number of ether oxygens (including phenoxy) is 3. The van der Waals surface area contributed by atoms with E-state index >= 15 is 0 Å². The molecule has 2 aliphatic rings. The average Bonchev–Trinajstić information content (AvgIpc) is 3.16. The molecule has 0 atom stereocenters. The monoisotopic (exact) mass is 384 g/mol. The fourth-order valence-electron chi connectivity index (χ4n) is 3.75. The molecule has 1 N–H and O–H groups in total. The predicted molar refractivity (Wildman–Crippen MR) is 108 cm³/mol. The van der Waals surface area contributed by atoms with Crippen molar-refractivity contribution in [3.63, 3.8) is 0 Å². The molecule has 2 fully saturated rings. The normalized spacial score (nSPS) is 18.4. The van der Waals surface area contributed by atoms with Gasteiger partial charge >= 0.3 is 0 Å². The van der Waals surface area contributed by atoms with Crippen molar-refractivity contribution in [3.8, 4) is 5.75 Å². The molecule has 0 amide bonds. The average molecular weight is 384 g/mol. The second-order valence-corrected chi connectivity index (χ2v) is 7.31. The van der Waals surface area contributed by atoms with Crippen LogP contribution in [-0.2, 0) is 15.9 Å². The van der Waals surface area contributed by atoms with E-state index in [2.05, 4.69) is 27.3 Å². The summed E-state index contributed by atoms with van der Waals surface area (Å²) in [6.45, 7) is 5.90. The zero-order valence-electron chi connectivity index (χ0n) is 16.6. The summed E-state index contributed by atoms with van der Waals surface area (Å²) in [5.41, 5.74) is 2.22. The van der Waals surface area contributed by atoms with Gasteiger partial charge in [-0.25, -0.2) is 4.98 Å². The molecular formula is C21H28N4O3. The Balaban J connectivity index is 1.34. The topological polar surface area (TPSA) is 68.7 Å². The molecule has 2 aromatic rings. The third-order valence-electron chi connectivity index (χ3n) is 5.34. The number of benzene rings is 1. The Morgan fingerprint density at radius 3 is 2.50 bits per heavy atom. The van der Waals surface area contributed by atoms with Crippen LogP contribution in [0.3, 0.4) is 0 Å². The van der Waals surface area contributed by atoms with Crippen LogP contribution in [0.2, 0.25) is 0 Å². The van der Waals surface area contributed by atoms with E-state index in [0.29, 0.717) is 13.2 Å². The molecule has 0 saturated carbocycles. The van der Waals surface area contributed by atoms with Gasteiger partial charge < -0.3 is 24.4 Å². The van der Waals surface area contributed by atoms with Crippen molar-refractivity contribution in [2.45, 2.75) is 32.0 Å². The van der Waals surface area contributed by atoms with Crippen LogP contribution in [0, 0.1) is 6.92 Å². The first-order chi connectivity index (χ1) is 13.7. The number of hydrogen-bond donors (Lipinski definition) is 1. The van der Waals surface area contributed by atoms with Crippen molar-refractivity contribution >= 4 is 11.8 Å². The number of methoxy groups -OCH3 is 1. The highest BCUT2D eigenvalue weighted by molar-refractivity contribution is 5.44. The molecule has 2 aliphatic heterocycles. The van der Waals surface area contributed by atoms with Crippen molar-refractivity contribution in [3.05, 3.63) is 41.6 Å². The molecule has 150 valence electrons. The van der Waals surface area contributed by atoms with Gasteiger partial charge in [0, 0.05) is 44.2 Å². The standard InChI is InChI=1S/C21H28N4O3/c1-16-15-19(22-10-7-17-3-5-18(26-2)6-4-17)24-20(23-16)25-11-8-21(9-12-25)27-13-14-28-21/h3-6,15H,7-14H2,1-2H3,(H,22,23,24). The maximum Gasteiger partial charge on any atom is 0.227 e. The van der Waals surface area contributed by atoms with Crippen LogP contribution in [0.5, 0.6) is 5.75 Å². The minimum absolute atomic E-state index is 0.375. The second kappa shape index (κ2) is 8.32. The van der Waals surface area contributed by atoms with Crippen molar-refractivity contribution in [2.75, 3.05) is 50.2 Å². The van der Waals surface area contributed by atoms with Gasteiger partial charge in [0.05, 0.1) is 20.3 Å². The fourth-order valence-corrected chi connectivity index (χ4v) is 3.75. The summed E-state index contributed by atoms with van der Waals surface area (Å²) in [4.78, 5) is 11.6. The lowest BCUT2D eigenvalue weighted by molar-refractivity contribution is -0.169. The maximum absolute atomic E-state index is 5.81. The number of piperidine rings is 1. The summed E-state index contributed by atoms with van der Waals surface area (Å²) in [6.07, 6.45) is 2.62. The zero-order valence-corrected chi connectivity index (χ0v) is 16.6. The van der Waals surface area contributed by atoms with Crippen LogP contribution in [0.1, 0.15) is 24.1 Å². The highest BCUT2D eigenvalue weighted by Crippen LogP contribution is 2.32. The molecule has 28 heavy (non-hydrogen) atoms. The van der Waals surface area contributed by atoms with Crippen LogP contribution in [-0.4, -0.2) is 55.7 Å². The number of aryl methyl sites for hydroxylation is 1. The van der Waals surface area contributed by atoms with Crippen LogP contribution < -0.4 is 15.0 Å². The van der Waals surface area contributed by atoms with Gasteiger partial charge in [0.15, 0.2) is 5.79 Å². The van der Waals surface area contributed by atoms with E-state index in [9.17, 15) is 0 Å². The van der Waals surface area contributed by atoms with Gasteiger partial charge in [-0.15, -0.1) is 0 Å². The first-order valence-electron chi connectivity index (χ1n) is 9.91. The number of aromatic nitrogens is 2. The second-order valence-electron chi connectivity index (χ2n) is 7.31. The Hall–Kier alpha value is -2.38. The number of anilines is 2. The fraction of sp³-hybridized carbons (Fsp3) is 0.524. The Labute approximate surface area is 166 Å². The summed E-state index contributed by atoms with van der Waals surface area (Å²) >= 11 is 0. The smallest absolute Gasteiger partial charge is 0.227 e. The van der Waals surface area contributed by atoms with E-state index in [4.69, 9.17) is 19.2 Å². The van der Waals surface area contributed by atoms with Crippen molar-refractivity contribution in [1.82, 2.24) is 9.97 Å². The van der Waals surface area contributed by atoms with Gasteiger partial charge in [-0.2, -0.15) is 4.98 Å². The van der Waals surface area contributed by atoms with Crippen LogP contribution in [0.15, 0.2) is 30.3 Å². The Kier molecular flexibility index (Phi) is 5.64. The van der Waals surface area contributed by atoms with Gasteiger partial charge in [-0.1, -0.05) is 12.1 Å². The number of nitrogens with zero attached hydrogens (tertiary/aromatic N) is 3. The first kappa shape index (κ1) is 19.0. The highest BCUT2D eigenvalue weighted by Gasteiger charge is 2.40. The minimum atomic E-state index is -0.375. The van der Waals surface area contributed by atoms with Crippen molar-refractivity contribution < 1.29 is 14.2 Å². The van der Waals surface area contributed by atoms with Crippen LogP contribution in [0.4, 0.5) is 11.8 Å². The molecular weight excluding hydrogens is 356 g/mol. The summed E-state index contributed by atoms with van der Waals surface area (Å²) in [7, 11) is 1.68. The molecule has 7 heteroatoms.